The molecule has 5 rings (SSSR count). The van der Waals surface area contributed by atoms with Gasteiger partial charge in [-0.1, -0.05) is 6.07 Å². The molecule has 5 heteroatoms. The summed E-state index contributed by atoms with van der Waals surface area (Å²) >= 11 is 0. The number of carbonyl (C=O) groups is 1. The van der Waals surface area contributed by atoms with Crippen molar-refractivity contribution in [2.75, 3.05) is 6.54 Å². The molecule has 1 saturated heterocycles. The molecule has 3 fully saturated rings. The number of benzene rings is 1. The number of likely N-dealkylation sites (tertiary alicyclic amines) is 1. The number of aromatic nitrogens is 1. The van der Waals surface area contributed by atoms with Gasteiger partial charge in [-0.15, -0.1) is 0 Å². The summed E-state index contributed by atoms with van der Waals surface area (Å²) in [6.45, 7) is 1.17. The molecule has 2 bridgehead atoms. The Bertz CT molecular complexity index is 779. The number of fused-ring (bicyclic) bond motifs is 3. The average Bonchev–Trinajstić information content (AvgIpc) is 2.98. The van der Waals surface area contributed by atoms with Crippen molar-refractivity contribution in [3.05, 3.63) is 29.7 Å². The van der Waals surface area contributed by atoms with E-state index in [2.05, 4.69) is 4.90 Å². The van der Waals surface area contributed by atoms with Crippen LogP contribution in [0.25, 0.3) is 11.1 Å². The Labute approximate surface area is 128 Å². The van der Waals surface area contributed by atoms with Crippen molar-refractivity contribution in [2.24, 2.45) is 11.7 Å². The van der Waals surface area contributed by atoms with E-state index < -0.39 is 5.91 Å². The van der Waals surface area contributed by atoms with Gasteiger partial charge in [0.15, 0.2) is 5.58 Å². The fourth-order valence-electron chi connectivity index (χ4n) is 4.54. The number of primary amides is 1. The third kappa shape index (κ3) is 1.57. The van der Waals surface area contributed by atoms with Crippen LogP contribution in [0.2, 0.25) is 0 Å². The van der Waals surface area contributed by atoms with Crippen LogP contribution in [0, 0.1) is 5.92 Å². The number of amides is 1. The third-order valence-electron chi connectivity index (χ3n) is 5.67. The molecule has 2 atom stereocenters. The number of rotatable bonds is 3. The lowest BCUT2D eigenvalue weighted by Gasteiger charge is -2.36. The van der Waals surface area contributed by atoms with E-state index in [9.17, 15) is 4.79 Å². The molecule has 1 aromatic carbocycles. The molecule has 0 radical (unpaired) electrons. The molecular formula is C17H19N3O2. The van der Waals surface area contributed by atoms with Crippen LogP contribution in [0.5, 0.6) is 0 Å². The second-order valence-electron chi connectivity index (χ2n) is 7.06. The van der Waals surface area contributed by atoms with E-state index in [-0.39, 0.29) is 5.54 Å². The number of para-hydroxylation sites is 1. The summed E-state index contributed by atoms with van der Waals surface area (Å²) < 4.78 is 6.11. The van der Waals surface area contributed by atoms with Crippen LogP contribution in [0.15, 0.2) is 22.6 Å². The van der Waals surface area contributed by atoms with Crippen molar-refractivity contribution in [1.29, 1.82) is 0 Å². The van der Waals surface area contributed by atoms with E-state index in [4.69, 9.17) is 15.1 Å². The zero-order valence-corrected chi connectivity index (χ0v) is 12.4. The second kappa shape index (κ2) is 4.10. The molecule has 5 nitrogen and oxygen atoms in total. The van der Waals surface area contributed by atoms with Crippen molar-refractivity contribution in [1.82, 2.24) is 9.88 Å². The first-order valence-electron chi connectivity index (χ1n) is 8.14. The smallest absolute Gasteiger partial charge is 0.251 e. The molecular weight excluding hydrogens is 278 g/mol. The first-order chi connectivity index (χ1) is 10.7. The van der Waals surface area contributed by atoms with Crippen LogP contribution in [0.4, 0.5) is 0 Å². The fraction of sp³-hybridized carbons (Fsp3) is 0.529. The van der Waals surface area contributed by atoms with Crippen molar-refractivity contribution < 1.29 is 9.21 Å². The van der Waals surface area contributed by atoms with Crippen LogP contribution >= 0.6 is 0 Å². The molecule has 114 valence electrons. The SMILES string of the molecule is NC(=O)c1cccc2oc([C@@]34CC[C@H](CN3C3CC3)C4)nc12. The maximum Gasteiger partial charge on any atom is 0.251 e. The van der Waals surface area contributed by atoms with Crippen molar-refractivity contribution >= 4 is 17.0 Å². The van der Waals surface area contributed by atoms with E-state index in [0.717, 1.165) is 24.7 Å². The van der Waals surface area contributed by atoms with Gasteiger partial charge in [0.05, 0.1) is 11.1 Å². The van der Waals surface area contributed by atoms with Crippen LogP contribution in [-0.2, 0) is 5.54 Å². The van der Waals surface area contributed by atoms with E-state index in [0.29, 0.717) is 22.7 Å². The van der Waals surface area contributed by atoms with Crippen LogP contribution in [0.3, 0.4) is 0 Å². The number of piperidine rings is 1. The molecule has 22 heavy (non-hydrogen) atoms. The van der Waals surface area contributed by atoms with E-state index in [1.165, 1.54) is 25.8 Å². The van der Waals surface area contributed by atoms with Gasteiger partial charge in [0, 0.05) is 12.6 Å². The van der Waals surface area contributed by atoms with Gasteiger partial charge >= 0.3 is 0 Å². The molecule has 1 aliphatic heterocycles. The third-order valence-corrected chi connectivity index (χ3v) is 5.67. The van der Waals surface area contributed by atoms with Crippen LogP contribution in [0.1, 0.15) is 48.4 Å². The quantitative estimate of drug-likeness (QED) is 0.944. The molecule has 2 N–H and O–H groups in total. The highest BCUT2D eigenvalue weighted by Crippen LogP contribution is 2.56. The monoisotopic (exact) mass is 297 g/mol. The van der Waals surface area contributed by atoms with Crippen molar-refractivity contribution in [3.8, 4) is 0 Å². The summed E-state index contributed by atoms with van der Waals surface area (Å²) in [7, 11) is 0. The second-order valence-corrected chi connectivity index (χ2v) is 7.06. The van der Waals surface area contributed by atoms with Gasteiger partial charge in [-0.05, 0) is 50.2 Å². The molecule has 0 unspecified atom stereocenters. The number of nitrogens with two attached hydrogens (primary N) is 1. The Morgan fingerprint density at radius 2 is 2.23 bits per heavy atom. The number of nitrogens with zero attached hydrogens (tertiary/aromatic N) is 2. The van der Waals surface area contributed by atoms with Gasteiger partial charge in [0.2, 0.25) is 5.89 Å². The maximum absolute atomic E-state index is 11.6. The molecule has 1 amide bonds. The summed E-state index contributed by atoms with van der Waals surface area (Å²) in [5.74, 6) is 1.12. The Hall–Kier alpha value is -1.88. The van der Waals surface area contributed by atoms with Gasteiger partial charge in [0.25, 0.3) is 5.91 Å². The summed E-state index contributed by atoms with van der Waals surface area (Å²) in [6, 6.07) is 6.10. The molecule has 0 spiro atoms. The van der Waals surface area contributed by atoms with Crippen LogP contribution < -0.4 is 5.73 Å². The predicted molar refractivity (Wildman–Crippen MR) is 81.3 cm³/mol. The highest BCUT2D eigenvalue weighted by molar-refractivity contribution is 6.03. The highest BCUT2D eigenvalue weighted by atomic mass is 16.4. The predicted octanol–water partition coefficient (Wildman–Crippen LogP) is 2.40. The fourth-order valence-corrected chi connectivity index (χ4v) is 4.54. The molecule has 2 aromatic rings. The van der Waals surface area contributed by atoms with Gasteiger partial charge in [-0.2, -0.15) is 0 Å². The van der Waals surface area contributed by atoms with Crippen LogP contribution in [-0.4, -0.2) is 28.4 Å². The first-order valence-corrected chi connectivity index (χ1v) is 8.14. The van der Waals surface area contributed by atoms with E-state index >= 15 is 0 Å². The summed E-state index contributed by atoms with van der Waals surface area (Å²) in [5, 5.41) is 0. The largest absolute Gasteiger partial charge is 0.439 e. The lowest BCUT2D eigenvalue weighted by atomic mass is 9.96. The Morgan fingerprint density at radius 1 is 1.36 bits per heavy atom. The minimum absolute atomic E-state index is 0.0419. The molecule has 2 heterocycles. The highest BCUT2D eigenvalue weighted by Gasteiger charge is 2.58. The Kier molecular flexibility index (Phi) is 2.36. The Morgan fingerprint density at radius 3 is 2.95 bits per heavy atom. The van der Waals surface area contributed by atoms with Gasteiger partial charge in [0.1, 0.15) is 5.52 Å². The topological polar surface area (TPSA) is 72.4 Å². The van der Waals surface area contributed by atoms with Gasteiger partial charge < -0.3 is 10.2 Å². The lowest BCUT2D eigenvalue weighted by molar-refractivity contribution is 0.0802. The molecule has 2 aliphatic carbocycles. The molecule has 1 aromatic heterocycles. The van der Waals surface area contributed by atoms with Gasteiger partial charge in [-0.3, -0.25) is 9.69 Å². The number of carbonyl (C=O) groups excluding carboxylic acids is 1. The summed E-state index contributed by atoms with van der Waals surface area (Å²) in [5.41, 5.74) is 7.17. The number of hydrogen-bond donors (Lipinski definition) is 1. The summed E-state index contributed by atoms with van der Waals surface area (Å²) in [4.78, 5) is 19.0. The molecule has 3 aliphatic rings. The first kappa shape index (κ1) is 12.6. The minimum atomic E-state index is -0.447. The standard InChI is InChI=1S/C17H19N3O2/c18-15(21)12-2-1-3-13-14(12)19-16(22-13)17-7-6-10(8-17)9-20(17)11-4-5-11/h1-3,10-11H,4-9H2,(H2,18,21)/t10-,17-/m0/s1. The zero-order chi connectivity index (χ0) is 14.9. The minimum Gasteiger partial charge on any atom is -0.439 e. The maximum atomic E-state index is 11.6. The Balaban J connectivity index is 1.67. The molecule has 2 saturated carbocycles. The normalized spacial score (nSPS) is 31.2. The number of hydrogen-bond acceptors (Lipinski definition) is 4. The van der Waals surface area contributed by atoms with E-state index in [1.54, 1.807) is 12.1 Å². The van der Waals surface area contributed by atoms with E-state index in [1.807, 2.05) is 6.07 Å². The average molecular weight is 297 g/mol. The van der Waals surface area contributed by atoms with Crippen molar-refractivity contribution in [2.45, 2.75) is 43.7 Å². The van der Waals surface area contributed by atoms with Gasteiger partial charge in [-0.25, -0.2) is 4.98 Å². The lowest BCUT2D eigenvalue weighted by Crippen LogP contribution is -2.43. The summed E-state index contributed by atoms with van der Waals surface area (Å²) in [6.07, 6.45) is 6.10. The number of oxazole rings is 1. The zero-order valence-electron chi connectivity index (χ0n) is 12.4. The van der Waals surface area contributed by atoms with Crippen molar-refractivity contribution in [3.63, 3.8) is 0 Å².